The summed E-state index contributed by atoms with van der Waals surface area (Å²) in [6.07, 6.45) is -6.37. The molecule has 0 saturated heterocycles. The predicted octanol–water partition coefficient (Wildman–Crippen LogP) is 20.9. The van der Waals surface area contributed by atoms with E-state index in [0.717, 1.165) is 95.2 Å². The smallest absolute Gasteiger partial charge is 0.433 e. The molecule has 0 amide bonds. The average Bonchev–Trinajstić information content (AvgIpc) is 0.775. The second kappa shape index (κ2) is 44.6. The summed E-state index contributed by atoms with van der Waals surface area (Å²) < 4.78 is 206. The number of nitrogens with zero attached hydrogens (tertiary/aromatic N) is 11. The van der Waals surface area contributed by atoms with E-state index < -0.39 is 139 Å². The summed E-state index contributed by atoms with van der Waals surface area (Å²) in [5, 5.41) is 6.45. The number of thioether (sulfide) groups is 1. The van der Waals surface area contributed by atoms with Gasteiger partial charge >= 0.3 is 54.3 Å². The van der Waals surface area contributed by atoms with Gasteiger partial charge in [-0.3, -0.25) is 19.9 Å². The molecule has 29 nitrogen and oxygen atoms in total. The minimum absolute atomic E-state index is 0.00367. The maximum atomic E-state index is 14.5. The van der Waals surface area contributed by atoms with Gasteiger partial charge in [-0.1, -0.05) is 116 Å². The molecule has 0 bridgehead atoms. The number of methoxy groups -OCH3 is 5. The summed E-state index contributed by atoms with van der Waals surface area (Å²) in [5.74, 6) is -10.5. The third-order valence-electron chi connectivity index (χ3n) is 16.6. The van der Waals surface area contributed by atoms with Crippen LogP contribution in [0.25, 0.3) is 67.7 Å². The molecule has 0 spiro atoms. The molecular formula is C77H51Cl10F14N17O12S. The fourth-order valence-corrected chi connectivity index (χ4v) is 12.9. The third-order valence-corrected chi connectivity index (χ3v) is 21.0. The molecule has 2 aromatic carbocycles. The van der Waals surface area contributed by atoms with Crippen LogP contribution in [0.3, 0.4) is 0 Å². The fourth-order valence-electron chi connectivity index (χ4n) is 10.1. The van der Waals surface area contributed by atoms with Gasteiger partial charge in [-0.05, 0) is 91.5 Å². The number of carboxylic acid groups (broad SMARTS) is 1. The third kappa shape index (κ3) is 24.5. The quantitative estimate of drug-likeness (QED) is 0.0185. The van der Waals surface area contributed by atoms with Crippen molar-refractivity contribution < 1.29 is 119 Å². The lowest BCUT2D eigenvalue weighted by Crippen LogP contribution is -2.10. The van der Waals surface area contributed by atoms with Crippen molar-refractivity contribution in [1.29, 1.82) is 0 Å². The standard InChI is InChI=1S/C14H10Cl2F2N2O2S.C13H7Cl3F2N2O2.C13H8Cl2F3N3O2.C13H9ClF3N3O2.C12H8ClF3N4O2.C12H9ClFN3O2/c1-22-14(21)12-7(16)10(19)9(18)11(20-12)5-3-4-6(15)8(17)13(5)23-2;1-22-13(21)12-7(16)10(19)9(18)11(20-12)4-2-3-5(14)8(17)6(4)15;1-23-12(22)11-8(15)9(19)7(14)10(21-11)5-2-3-6(20-4-5)13(16,17)18;1-5-9(18)8(14)11(12(21)22)20-10(5)6-2-3-7(19-4-6)13(15,16)17;1-22-11(21)8-7(13)9(17)20-10(19-8)5-2-3-6(18-4-5)12(14,15)16;1-19-12(18)11-7(13)9(15)8(14)10(17-11)6-3-2-4-16-5-6/h3-4H,1-2H3,(H2,19,20);2-3H,1H3,(H2,19,20);2-4H,1H3,(H2,19,21);2-4H,1H3,(H2,18,20)(H,21,22);2-4H,1H3,(H2,17,19,20);2-5H,1H3,(H2,15,17). The Morgan fingerprint density at radius 1 is 0.359 bits per heavy atom. The van der Waals surface area contributed by atoms with Crippen LogP contribution in [-0.4, -0.2) is 138 Å². The number of esters is 5. The molecular weight excluding hydrogens is 2010 g/mol. The number of aromatic nitrogens is 11. The topological polar surface area (TPSA) is 467 Å². The number of pyridine rings is 9. The largest absolute Gasteiger partial charge is 0.476 e. The van der Waals surface area contributed by atoms with Crippen molar-refractivity contribution in [1.82, 2.24) is 54.8 Å². The molecule has 10 heterocycles. The Labute approximate surface area is 780 Å². The van der Waals surface area contributed by atoms with Gasteiger partial charge in [0.1, 0.15) is 45.0 Å². The lowest BCUT2D eigenvalue weighted by molar-refractivity contribution is -0.141. The number of hydrogen-bond donors (Lipinski definition) is 7. The van der Waals surface area contributed by atoms with E-state index in [1.807, 2.05) is 0 Å². The van der Waals surface area contributed by atoms with Crippen molar-refractivity contribution in [2.24, 2.45) is 0 Å². The first-order valence-electron chi connectivity index (χ1n) is 34.4. The summed E-state index contributed by atoms with van der Waals surface area (Å²) in [4.78, 5) is 110. The van der Waals surface area contributed by atoms with Crippen molar-refractivity contribution >= 4 is 198 Å². The van der Waals surface area contributed by atoms with E-state index in [1.54, 1.807) is 18.4 Å². The second-order valence-electron chi connectivity index (χ2n) is 24.6. The van der Waals surface area contributed by atoms with E-state index in [1.165, 1.54) is 50.7 Å². The zero-order chi connectivity index (χ0) is 98.4. The van der Waals surface area contributed by atoms with Gasteiger partial charge in [0, 0.05) is 64.4 Å². The molecule has 0 aliphatic carbocycles. The number of alkyl halides is 9. The first-order valence-corrected chi connectivity index (χ1v) is 39.4. The number of rotatable bonds is 13. The zero-order valence-electron chi connectivity index (χ0n) is 66.1. The number of aromatic carboxylic acids is 1. The molecule has 54 heteroatoms. The van der Waals surface area contributed by atoms with E-state index in [2.05, 4.69) is 78.5 Å². The SMILES string of the molecule is COC(=O)c1nc(-c2ccc(C(F)(F)F)nc2)c(Cl)c(N)c1Cl.COC(=O)c1nc(-c2ccc(C(F)(F)F)nc2)nc(N)c1Cl.COC(=O)c1nc(-c2ccc(Cl)c(F)c2Cl)c(F)c(N)c1Cl.COC(=O)c1nc(-c2ccc(Cl)c(F)c2SC)c(F)c(N)c1Cl.COC(=O)c1nc(-c2cccnc2)c(F)c(N)c1Cl.Cc1c(-c2ccc(C(F)(F)F)nc2)nc(C(=O)O)c(Cl)c1N. The Morgan fingerprint density at radius 3 is 1.08 bits per heavy atom. The van der Waals surface area contributed by atoms with Crippen LogP contribution < -0.4 is 34.4 Å². The van der Waals surface area contributed by atoms with E-state index in [-0.39, 0.29) is 147 Å². The van der Waals surface area contributed by atoms with Crippen LogP contribution >= 0.6 is 128 Å². The number of anilines is 6. The van der Waals surface area contributed by atoms with Crippen molar-refractivity contribution in [3.05, 3.63) is 240 Å². The van der Waals surface area contributed by atoms with E-state index in [4.69, 9.17) is 156 Å². The molecule has 12 aromatic rings. The maximum Gasteiger partial charge on any atom is 0.433 e. The molecule has 10 aromatic heterocycles. The lowest BCUT2D eigenvalue weighted by atomic mass is 10.1. The van der Waals surface area contributed by atoms with Crippen molar-refractivity contribution in [2.45, 2.75) is 30.3 Å². The van der Waals surface area contributed by atoms with Gasteiger partial charge < -0.3 is 63.2 Å². The first kappa shape index (κ1) is 106. The minimum atomic E-state index is -4.58. The Hall–Kier alpha value is -12.2. The number of carboxylic acids is 1. The Balaban J connectivity index is 0.000000215. The normalized spacial score (nSPS) is 11.0. The number of benzene rings is 2. The molecule has 0 aliphatic heterocycles. The molecule has 13 N–H and O–H groups in total. The molecule has 0 saturated carbocycles. The first-order chi connectivity index (χ1) is 61.2. The van der Waals surface area contributed by atoms with Gasteiger partial charge in [-0.15, -0.1) is 11.8 Å². The van der Waals surface area contributed by atoms with Gasteiger partial charge in [0.05, 0.1) is 125 Å². The van der Waals surface area contributed by atoms with Crippen LogP contribution in [0.15, 0.2) is 109 Å². The Kier molecular flexibility index (Phi) is 36.0. The Bertz CT molecular complexity index is 6430. The Morgan fingerprint density at radius 2 is 0.702 bits per heavy atom. The number of ether oxygens (including phenoxy) is 5. The van der Waals surface area contributed by atoms with Gasteiger partial charge in [-0.25, -0.2) is 85.6 Å². The molecule has 12 rings (SSSR count). The number of hydrogen-bond acceptors (Lipinski definition) is 29. The van der Waals surface area contributed by atoms with Crippen LogP contribution in [0.5, 0.6) is 0 Å². The number of carbonyl (C=O) groups excluding carboxylic acids is 5. The summed E-state index contributed by atoms with van der Waals surface area (Å²) >= 11 is 59.0. The van der Waals surface area contributed by atoms with Gasteiger partial charge in [0.15, 0.2) is 69.1 Å². The maximum absolute atomic E-state index is 14.5. The lowest BCUT2D eigenvalue weighted by Gasteiger charge is -2.13. The van der Waals surface area contributed by atoms with Crippen molar-refractivity contribution in [2.75, 3.05) is 76.2 Å². The zero-order valence-corrected chi connectivity index (χ0v) is 74.5. The van der Waals surface area contributed by atoms with Gasteiger partial charge in [-0.2, -0.15) is 39.5 Å². The van der Waals surface area contributed by atoms with E-state index in [0.29, 0.717) is 11.1 Å². The molecule has 0 unspecified atom stereocenters. The predicted molar refractivity (Wildman–Crippen MR) is 459 cm³/mol. The van der Waals surface area contributed by atoms with Gasteiger partial charge in [0.2, 0.25) is 0 Å². The molecule has 690 valence electrons. The highest BCUT2D eigenvalue weighted by molar-refractivity contribution is 7.98. The summed E-state index contributed by atoms with van der Waals surface area (Å²) in [7, 11) is 5.62. The molecule has 0 radical (unpaired) electrons. The fraction of sp³-hybridized carbons (Fsp3) is 0.130. The van der Waals surface area contributed by atoms with Crippen LogP contribution in [-0.2, 0) is 42.2 Å². The van der Waals surface area contributed by atoms with Crippen molar-refractivity contribution in [3.8, 4) is 67.7 Å². The summed E-state index contributed by atoms with van der Waals surface area (Å²) in [6, 6.07) is 13.9. The number of carbonyl (C=O) groups is 6. The molecule has 0 aliphatic rings. The van der Waals surface area contributed by atoms with Gasteiger partial charge in [0.25, 0.3) is 0 Å². The highest BCUT2D eigenvalue weighted by Crippen LogP contribution is 2.44. The number of nitrogens with two attached hydrogens (primary N) is 6. The number of nitrogen functional groups attached to an aromatic ring is 6. The van der Waals surface area contributed by atoms with Crippen LogP contribution in [0, 0.1) is 36.0 Å². The second-order valence-corrected chi connectivity index (χ2v) is 29.3. The summed E-state index contributed by atoms with van der Waals surface area (Å²) in [5.41, 5.74) is 27.3. The summed E-state index contributed by atoms with van der Waals surface area (Å²) in [6.45, 7) is 1.53. The van der Waals surface area contributed by atoms with Crippen molar-refractivity contribution in [3.63, 3.8) is 0 Å². The number of halogens is 24. The molecule has 131 heavy (non-hydrogen) atoms. The van der Waals surface area contributed by atoms with Crippen LogP contribution in [0.2, 0.25) is 50.2 Å². The average molecular weight is 2060 g/mol. The van der Waals surface area contributed by atoms with Crippen LogP contribution in [0.4, 0.5) is 95.7 Å². The molecule has 0 fully saturated rings. The minimum Gasteiger partial charge on any atom is -0.476 e. The van der Waals surface area contributed by atoms with Crippen LogP contribution in [0.1, 0.15) is 85.6 Å². The highest BCUT2D eigenvalue weighted by Gasteiger charge is 2.37. The van der Waals surface area contributed by atoms with E-state index >= 15 is 0 Å². The van der Waals surface area contributed by atoms with E-state index in [9.17, 15) is 90.2 Å². The highest BCUT2D eigenvalue weighted by atomic mass is 35.5. The molecule has 0 atom stereocenters. The monoisotopic (exact) mass is 2050 g/mol.